The average Bonchev–Trinajstić information content (AvgIpc) is 2.81. The standard InChI is InChI=1S/C24H20Cl2N4O3.ClH/c1-33-15-5-6-16-17(9-15)23(14-4-2-3-13(7-14)8-21(27)24(31)32)30-29-22(16)10-18-19(25)11-28-12-20(18)26;/h2-7,9,11-12,21H,8,10,27H2,1H3,(H,31,32);1H. The van der Waals surface area contributed by atoms with Crippen molar-refractivity contribution in [3.63, 3.8) is 0 Å². The number of pyridine rings is 1. The number of carboxylic acids is 1. The highest BCUT2D eigenvalue weighted by atomic mass is 35.5. The smallest absolute Gasteiger partial charge is 0.320 e. The van der Waals surface area contributed by atoms with E-state index in [0.717, 1.165) is 27.5 Å². The number of carboxylic acid groups (broad SMARTS) is 1. The molecule has 176 valence electrons. The minimum absolute atomic E-state index is 0. The van der Waals surface area contributed by atoms with Gasteiger partial charge in [-0.25, -0.2) is 0 Å². The molecule has 0 aliphatic heterocycles. The number of carbonyl (C=O) groups is 1. The van der Waals surface area contributed by atoms with Crippen LogP contribution in [0.2, 0.25) is 10.0 Å². The van der Waals surface area contributed by atoms with Gasteiger partial charge >= 0.3 is 5.97 Å². The maximum absolute atomic E-state index is 11.2. The molecule has 4 aromatic rings. The molecule has 3 N–H and O–H groups in total. The van der Waals surface area contributed by atoms with Crippen LogP contribution in [0.5, 0.6) is 5.75 Å². The summed E-state index contributed by atoms with van der Waals surface area (Å²) >= 11 is 12.6. The highest BCUT2D eigenvalue weighted by molar-refractivity contribution is 6.35. The zero-order valence-corrected chi connectivity index (χ0v) is 20.4. The molecule has 0 fully saturated rings. The average molecular weight is 520 g/mol. The van der Waals surface area contributed by atoms with Gasteiger partial charge in [-0.05, 0) is 41.8 Å². The maximum Gasteiger partial charge on any atom is 0.320 e. The highest BCUT2D eigenvalue weighted by Crippen LogP contribution is 2.33. The second-order valence-corrected chi connectivity index (χ2v) is 8.33. The Bertz CT molecular complexity index is 1330. The second-order valence-electron chi connectivity index (χ2n) is 7.51. The number of methoxy groups -OCH3 is 1. The van der Waals surface area contributed by atoms with Gasteiger partial charge in [-0.15, -0.1) is 17.5 Å². The van der Waals surface area contributed by atoms with Crippen LogP contribution in [0.25, 0.3) is 22.0 Å². The van der Waals surface area contributed by atoms with Crippen LogP contribution in [-0.2, 0) is 17.6 Å². The molecule has 0 amide bonds. The van der Waals surface area contributed by atoms with E-state index in [4.69, 9.17) is 38.8 Å². The molecule has 2 heterocycles. The van der Waals surface area contributed by atoms with Crippen LogP contribution in [-0.4, -0.2) is 39.4 Å². The van der Waals surface area contributed by atoms with Gasteiger partial charge in [-0.1, -0.05) is 41.4 Å². The van der Waals surface area contributed by atoms with Crippen LogP contribution in [0.3, 0.4) is 0 Å². The predicted octanol–water partition coefficient (Wildman–Crippen LogP) is 4.97. The predicted molar refractivity (Wildman–Crippen MR) is 135 cm³/mol. The molecule has 10 heteroatoms. The van der Waals surface area contributed by atoms with E-state index in [9.17, 15) is 4.79 Å². The van der Waals surface area contributed by atoms with E-state index in [1.165, 1.54) is 0 Å². The third-order valence-electron chi connectivity index (χ3n) is 5.33. The number of rotatable bonds is 7. The van der Waals surface area contributed by atoms with E-state index in [2.05, 4.69) is 15.2 Å². The van der Waals surface area contributed by atoms with Gasteiger partial charge in [-0.3, -0.25) is 9.78 Å². The summed E-state index contributed by atoms with van der Waals surface area (Å²) in [6, 6.07) is 12.2. The molecule has 7 nitrogen and oxygen atoms in total. The number of hydrogen-bond donors (Lipinski definition) is 2. The summed E-state index contributed by atoms with van der Waals surface area (Å²) in [5.74, 6) is -0.375. The summed E-state index contributed by atoms with van der Waals surface area (Å²) in [7, 11) is 1.60. The van der Waals surface area contributed by atoms with Crippen LogP contribution in [0.15, 0.2) is 54.9 Å². The molecule has 1 atom stereocenters. The molecule has 0 bridgehead atoms. The Labute approximate surface area is 212 Å². The Hall–Kier alpha value is -2.97. The lowest BCUT2D eigenvalue weighted by Crippen LogP contribution is -2.32. The summed E-state index contributed by atoms with van der Waals surface area (Å²) in [5, 5.41) is 20.7. The minimum Gasteiger partial charge on any atom is -0.497 e. The topological polar surface area (TPSA) is 111 Å². The van der Waals surface area contributed by atoms with Crippen molar-refractivity contribution in [2.75, 3.05) is 7.11 Å². The van der Waals surface area contributed by atoms with Crippen LogP contribution in [0, 0.1) is 0 Å². The molecule has 2 aromatic heterocycles. The van der Waals surface area contributed by atoms with Gasteiger partial charge in [0.25, 0.3) is 0 Å². The summed E-state index contributed by atoms with van der Waals surface area (Å²) in [6.45, 7) is 0. The molecule has 0 saturated carbocycles. The van der Waals surface area contributed by atoms with Crippen LogP contribution in [0.4, 0.5) is 0 Å². The SMILES string of the molecule is COc1ccc2c(Cc3c(Cl)cncc3Cl)nnc(-c3cccc(CC(N)C(=O)O)c3)c2c1.Cl. The first kappa shape index (κ1) is 25.6. The van der Waals surface area contributed by atoms with Crippen molar-refractivity contribution in [3.8, 4) is 17.0 Å². The molecule has 0 aliphatic rings. The van der Waals surface area contributed by atoms with Gasteiger partial charge in [0.15, 0.2) is 0 Å². The highest BCUT2D eigenvalue weighted by Gasteiger charge is 2.17. The molecule has 0 spiro atoms. The molecule has 2 aromatic carbocycles. The number of fused-ring (bicyclic) bond motifs is 1. The Morgan fingerprint density at radius 1 is 1.09 bits per heavy atom. The van der Waals surface area contributed by atoms with E-state index in [-0.39, 0.29) is 18.8 Å². The van der Waals surface area contributed by atoms with Gasteiger partial charge in [0, 0.05) is 35.2 Å². The van der Waals surface area contributed by atoms with Gasteiger partial charge in [0.1, 0.15) is 17.5 Å². The molecule has 4 rings (SSSR count). The molecule has 34 heavy (non-hydrogen) atoms. The summed E-state index contributed by atoms with van der Waals surface area (Å²) in [5.41, 5.74) is 9.37. The number of benzene rings is 2. The van der Waals surface area contributed by atoms with Crippen molar-refractivity contribution >= 4 is 52.4 Å². The van der Waals surface area contributed by atoms with Crippen molar-refractivity contribution in [1.29, 1.82) is 0 Å². The number of aromatic nitrogens is 3. The monoisotopic (exact) mass is 518 g/mol. The fourth-order valence-corrected chi connectivity index (χ4v) is 4.12. The Balaban J connectivity index is 0.00000324. The first-order valence-corrected chi connectivity index (χ1v) is 10.8. The van der Waals surface area contributed by atoms with Gasteiger partial charge < -0.3 is 15.6 Å². The van der Waals surface area contributed by atoms with Crippen LogP contribution >= 0.6 is 35.6 Å². The summed E-state index contributed by atoms with van der Waals surface area (Å²) < 4.78 is 5.43. The minimum atomic E-state index is -1.05. The van der Waals surface area contributed by atoms with Crippen LogP contribution < -0.4 is 10.5 Å². The van der Waals surface area contributed by atoms with Gasteiger partial charge in [0.2, 0.25) is 0 Å². The Morgan fingerprint density at radius 3 is 2.50 bits per heavy atom. The van der Waals surface area contributed by atoms with Crippen LogP contribution in [0.1, 0.15) is 16.8 Å². The molecule has 1 unspecified atom stereocenters. The zero-order valence-electron chi connectivity index (χ0n) is 18.0. The first-order chi connectivity index (χ1) is 15.9. The van der Waals surface area contributed by atoms with Crippen molar-refractivity contribution < 1.29 is 14.6 Å². The second kappa shape index (κ2) is 11.0. The number of halogens is 3. The third kappa shape index (κ3) is 5.39. The van der Waals surface area contributed by atoms with Crippen molar-refractivity contribution in [3.05, 3.63) is 81.7 Å². The largest absolute Gasteiger partial charge is 0.497 e. The van der Waals surface area contributed by atoms with E-state index in [0.29, 0.717) is 33.6 Å². The quantitative estimate of drug-likeness (QED) is 0.354. The number of hydrogen-bond acceptors (Lipinski definition) is 6. The lowest BCUT2D eigenvalue weighted by atomic mass is 9.98. The molecule has 0 saturated heterocycles. The molecule has 0 radical (unpaired) electrons. The lowest BCUT2D eigenvalue weighted by Gasteiger charge is -2.13. The van der Waals surface area contributed by atoms with E-state index in [1.807, 2.05) is 42.5 Å². The molecular formula is C24H21Cl3N4O3. The fraction of sp³-hybridized carbons (Fsp3) is 0.167. The van der Waals surface area contributed by atoms with E-state index >= 15 is 0 Å². The Morgan fingerprint density at radius 2 is 1.82 bits per heavy atom. The summed E-state index contributed by atoms with van der Waals surface area (Å²) in [4.78, 5) is 15.2. The maximum atomic E-state index is 11.2. The van der Waals surface area contributed by atoms with E-state index < -0.39 is 12.0 Å². The number of aliphatic carboxylic acids is 1. The number of nitrogens with zero attached hydrogens (tertiary/aromatic N) is 3. The van der Waals surface area contributed by atoms with Crippen molar-refractivity contribution in [2.24, 2.45) is 5.73 Å². The lowest BCUT2D eigenvalue weighted by molar-refractivity contribution is -0.138. The van der Waals surface area contributed by atoms with Gasteiger partial charge in [-0.2, -0.15) is 5.10 Å². The fourth-order valence-electron chi connectivity index (χ4n) is 3.62. The van der Waals surface area contributed by atoms with Crippen molar-refractivity contribution in [2.45, 2.75) is 18.9 Å². The molecular weight excluding hydrogens is 499 g/mol. The summed E-state index contributed by atoms with van der Waals surface area (Å²) in [6.07, 6.45) is 3.67. The van der Waals surface area contributed by atoms with Crippen molar-refractivity contribution in [1.82, 2.24) is 15.2 Å². The Kier molecular flexibility index (Phi) is 8.28. The number of nitrogens with two attached hydrogens (primary N) is 1. The molecule has 0 aliphatic carbocycles. The normalized spacial score (nSPS) is 11.6. The first-order valence-electron chi connectivity index (χ1n) is 10.1. The number of ether oxygens (including phenoxy) is 1. The van der Waals surface area contributed by atoms with Gasteiger partial charge in [0.05, 0.1) is 22.8 Å². The van der Waals surface area contributed by atoms with E-state index in [1.54, 1.807) is 19.5 Å². The zero-order chi connectivity index (χ0) is 23.5. The third-order valence-corrected chi connectivity index (χ3v) is 5.98.